The Morgan fingerprint density at radius 3 is 2.68 bits per heavy atom. The van der Waals surface area contributed by atoms with Gasteiger partial charge < -0.3 is 9.15 Å². The molecule has 1 heterocycles. The summed E-state index contributed by atoms with van der Waals surface area (Å²) in [5.41, 5.74) is 1.96. The fourth-order valence-electron chi connectivity index (χ4n) is 2.28. The van der Waals surface area contributed by atoms with Crippen molar-refractivity contribution in [2.45, 2.75) is 6.92 Å². The Hall–Kier alpha value is -2.95. The normalized spacial score (nSPS) is 10.6. The van der Waals surface area contributed by atoms with E-state index in [-0.39, 0.29) is 5.89 Å². The second-order valence-electron chi connectivity index (χ2n) is 4.84. The Labute approximate surface area is 126 Å². The van der Waals surface area contributed by atoms with Gasteiger partial charge in [-0.2, -0.15) is 0 Å². The van der Waals surface area contributed by atoms with Gasteiger partial charge in [0.2, 0.25) is 5.89 Å². The van der Waals surface area contributed by atoms with Gasteiger partial charge in [-0.1, -0.05) is 12.1 Å². The van der Waals surface area contributed by atoms with Gasteiger partial charge >= 0.3 is 11.6 Å². The molecule has 0 aliphatic heterocycles. The van der Waals surface area contributed by atoms with E-state index in [2.05, 4.69) is 4.98 Å². The van der Waals surface area contributed by atoms with Gasteiger partial charge in [0.05, 0.1) is 23.6 Å². The van der Waals surface area contributed by atoms with Crippen molar-refractivity contribution in [2.75, 3.05) is 7.11 Å². The van der Waals surface area contributed by atoms with Crippen LogP contribution in [0.15, 0.2) is 51.7 Å². The van der Waals surface area contributed by atoms with Crippen LogP contribution in [0.2, 0.25) is 0 Å². The second kappa shape index (κ2) is 5.44. The summed E-state index contributed by atoms with van der Waals surface area (Å²) in [5, 5.41) is 0.439. The molecule has 0 aliphatic rings. The molecule has 5 nitrogen and oxygen atoms in total. The summed E-state index contributed by atoms with van der Waals surface area (Å²) in [6.45, 7) is 1.79. The molecule has 0 atom stereocenters. The zero-order valence-corrected chi connectivity index (χ0v) is 12.1. The van der Waals surface area contributed by atoms with Crippen molar-refractivity contribution in [2.24, 2.45) is 0 Å². The molecule has 5 heteroatoms. The van der Waals surface area contributed by atoms with Crippen molar-refractivity contribution in [3.8, 4) is 11.5 Å². The SMILES string of the molecule is COC(=O)c1ccc(-c2nc3ccccc3c(=O)o2)cc1C. The zero-order chi connectivity index (χ0) is 15.7. The van der Waals surface area contributed by atoms with Crippen LogP contribution in [0.3, 0.4) is 0 Å². The topological polar surface area (TPSA) is 69.4 Å². The zero-order valence-electron chi connectivity index (χ0n) is 12.1. The first kappa shape index (κ1) is 14.0. The summed E-state index contributed by atoms with van der Waals surface area (Å²) in [4.78, 5) is 28.0. The molecule has 0 unspecified atom stereocenters. The number of fused-ring (bicyclic) bond motifs is 1. The average molecular weight is 295 g/mol. The number of benzene rings is 2. The molecule has 1 aromatic heterocycles. The number of carbonyl (C=O) groups excluding carboxylic acids is 1. The minimum Gasteiger partial charge on any atom is -0.465 e. The quantitative estimate of drug-likeness (QED) is 0.680. The van der Waals surface area contributed by atoms with E-state index in [0.29, 0.717) is 22.0 Å². The van der Waals surface area contributed by atoms with E-state index < -0.39 is 11.6 Å². The van der Waals surface area contributed by atoms with E-state index in [9.17, 15) is 9.59 Å². The molecule has 0 amide bonds. The Balaban J connectivity index is 2.14. The molecular formula is C17H13NO4. The number of rotatable bonds is 2. The van der Waals surface area contributed by atoms with E-state index >= 15 is 0 Å². The van der Waals surface area contributed by atoms with Crippen molar-refractivity contribution in [3.63, 3.8) is 0 Å². The lowest BCUT2D eigenvalue weighted by Crippen LogP contribution is -2.05. The smallest absolute Gasteiger partial charge is 0.347 e. The minimum atomic E-state index is -0.435. The van der Waals surface area contributed by atoms with Crippen molar-refractivity contribution in [1.82, 2.24) is 4.98 Å². The third-order valence-electron chi connectivity index (χ3n) is 3.41. The summed E-state index contributed by atoms with van der Waals surface area (Å²) in [5.74, 6) is -0.180. The largest absolute Gasteiger partial charge is 0.465 e. The molecule has 3 rings (SSSR count). The van der Waals surface area contributed by atoms with Gasteiger partial charge in [0, 0.05) is 5.56 Å². The molecule has 22 heavy (non-hydrogen) atoms. The Kier molecular flexibility index (Phi) is 3.47. The lowest BCUT2D eigenvalue weighted by Gasteiger charge is -2.06. The number of nitrogens with zero attached hydrogens (tertiary/aromatic N) is 1. The molecule has 3 aromatic rings. The number of para-hydroxylation sites is 1. The number of hydrogen-bond donors (Lipinski definition) is 0. The molecule has 0 saturated heterocycles. The van der Waals surface area contributed by atoms with Gasteiger partial charge in [-0.15, -0.1) is 0 Å². The van der Waals surface area contributed by atoms with Crippen molar-refractivity contribution < 1.29 is 13.9 Å². The molecule has 110 valence electrons. The maximum Gasteiger partial charge on any atom is 0.347 e. The van der Waals surface area contributed by atoms with Crippen molar-refractivity contribution in [3.05, 3.63) is 64.0 Å². The van der Waals surface area contributed by atoms with Crippen LogP contribution in [0, 0.1) is 6.92 Å². The molecule has 0 saturated carbocycles. The number of carbonyl (C=O) groups is 1. The first-order valence-electron chi connectivity index (χ1n) is 6.69. The van der Waals surface area contributed by atoms with Gasteiger partial charge in [-0.25, -0.2) is 14.6 Å². The molecule has 0 N–H and O–H groups in total. The summed E-state index contributed by atoms with van der Waals surface area (Å²) in [6, 6.07) is 12.0. The van der Waals surface area contributed by atoms with Crippen LogP contribution in [0.4, 0.5) is 0 Å². The predicted molar refractivity (Wildman–Crippen MR) is 81.8 cm³/mol. The van der Waals surface area contributed by atoms with Gasteiger partial charge in [-0.3, -0.25) is 0 Å². The monoisotopic (exact) mass is 295 g/mol. The number of ether oxygens (including phenoxy) is 1. The fourth-order valence-corrected chi connectivity index (χ4v) is 2.28. The van der Waals surface area contributed by atoms with Crippen molar-refractivity contribution >= 4 is 16.9 Å². The number of aromatic nitrogens is 1. The summed E-state index contributed by atoms with van der Waals surface area (Å²) in [6.07, 6.45) is 0. The van der Waals surface area contributed by atoms with E-state index in [4.69, 9.17) is 9.15 Å². The molecule has 0 radical (unpaired) electrons. The highest BCUT2D eigenvalue weighted by Gasteiger charge is 2.13. The lowest BCUT2D eigenvalue weighted by atomic mass is 10.1. The Bertz CT molecular complexity index is 927. The molecular weight excluding hydrogens is 282 g/mol. The van der Waals surface area contributed by atoms with E-state index in [1.807, 2.05) is 6.07 Å². The van der Waals surface area contributed by atoms with Gasteiger partial charge in [0.25, 0.3) is 0 Å². The number of esters is 1. The van der Waals surface area contributed by atoms with Gasteiger partial charge in [-0.05, 0) is 42.8 Å². The second-order valence-corrected chi connectivity index (χ2v) is 4.84. The fraction of sp³-hybridized carbons (Fsp3) is 0.118. The number of hydrogen-bond acceptors (Lipinski definition) is 5. The van der Waals surface area contributed by atoms with E-state index in [0.717, 1.165) is 5.56 Å². The van der Waals surface area contributed by atoms with Crippen LogP contribution in [-0.4, -0.2) is 18.1 Å². The molecule has 0 bridgehead atoms. The van der Waals surface area contributed by atoms with Gasteiger partial charge in [0.15, 0.2) is 0 Å². The maximum atomic E-state index is 12.0. The molecule has 2 aromatic carbocycles. The molecule has 0 spiro atoms. The van der Waals surface area contributed by atoms with E-state index in [1.165, 1.54) is 7.11 Å². The van der Waals surface area contributed by atoms with Gasteiger partial charge in [0.1, 0.15) is 0 Å². The first-order chi connectivity index (χ1) is 10.6. The standard InChI is InChI=1S/C17H13NO4/c1-10-9-11(7-8-12(10)16(19)21-2)15-18-14-6-4-3-5-13(14)17(20)22-15/h3-9H,1-2H3. The Morgan fingerprint density at radius 2 is 1.95 bits per heavy atom. The highest BCUT2D eigenvalue weighted by atomic mass is 16.5. The highest BCUT2D eigenvalue weighted by molar-refractivity contribution is 5.91. The maximum absolute atomic E-state index is 12.0. The lowest BCUT2D eigenvalue weighted by molar-refractivity contribution is 0.0600. The van der Waals surface area contributed by atoms with Crippen molar-refractivity contribution in [1.29, 1.82) is 0 Å². The predicted octanol–water partition coefficient (Wildman–Crippen LogP) is 2.95. The summed E-state index contributed by atoms with van der Waals surface area (Å²) in [7, 11) is 1.33. The summed E-state index contributed by atoms with van der Waals surface area (Å²) >= 11 is 0. The van der Waals surface area contributed by atoms with Crippen LogP contribution in [0.1, 0.15) is 15.9 Å². The Morgan fingerprint density at radius 1 is 1.18 bits per heavy atom. The molecule has 0 fully saturated rings. The molecule has 0 aliphatic carbocycles. The average Bonchev–Trinajstić information content (AvgIpc) is 2.54. The first-order valence-corrected chi connectivity index (χ1v) is 6.69. The van der Waals surface area contributed by atoms with Crippen LogP contribution in [0.5, 0.6) is 0 Å². The minimum absolute atomic E-state index is 0.225. The van der Waals surface area contributed by atoms with E-state index in [1.54, 1.807) is 43.3 Å². The highest BCUT2D eigenvalue weighted by Crippen LogP contribution is 2.22. The van der Waals surface area contributed by atoms with Crippen LogP contribution >= 0.6 is 0 Å². The number of methoxy groups -OCH3 is 1. The summed E-state index contributed by atoms with van der Waals surface area (Å²) < 4.78 is 9.99. The third-order valence-corrected chi connectivity index (χ3v) is 3.41. The van der Waals surface area contributed by atoms with Crippen LogP contribution in [0.25, 0.3) is 22.4 Å². The van der Waals surface area contributed by atoms with Crippen LogP contribution in [-0.2, 0) is 4.74 Å². The third kappa shape index (κ3) is 2.37. The van der Waals surface area contributed by atoms with Crippen LogP contribution < -0.4 is 5.63 Å². The number of aryl methyl sites for hydroxylation is 1.